The molecule has 6 heteroatoms. The van der Waals surface area contributed by atoms with Crippen LogP contribution in [0.4, 0.5) is 13.2 Å². The molecule has 0 fully saturated rings. The van der Waals surface area contributed by atoms with Gasteiger partial charge in [0.25, 0.3) is 0 Å². The Morgan fingerprint density at radius 3 is 2.76 bits per heavy atom. The van der Waals surface area contributed by atoms with Gasteiger partial charge in [0.05, 0.1) is 6.54 Å². The van der Waals surface area contributed by atoms with Gasteiger partial charge < -0.3 is 9.32 Å². The fraction of sp³-hybridized carbons (Fsp3) is 0.400. The highest BCUT2D eigenvalue weighted by molar-refractivity contribution is 5.85. The van der Waals surface area contributed by atoms with E-state index >= 15 is 0 Å². The molecule has 0 bridgehead atoms. The fourth-order valence-electron chi connectivity index (χ4n) is 2.78. The molecule has 2 heterocycles. The van der Waals surface area contributed by atoms with Crippen molar-refractivity contribution in [2.75, 3.05) is 0 Å². The summed E-state index contributed by atoms with van der Waals surface area (Å²) in [6.07, 6.45) is -3.86. The zero-order valence-corrected chi connectivity index (χ0v) is 11.4. The second kappa shape index (κ2) is 4.79. The number of alkyl halides is 3. The average molecular weight is 297 g/mol. The van der Waals surface area contributed by atoms with Gasteiger partial charge in [-0.2, -0.15) is 13.2 Å². The Morgan fingerprint density at radius 1 is 1.33 bits per heavy atom. The predicted octanol–water partition coefficient (Wildman–Crippen LogP) is 3.66. The van der Waals surface area contributed by atoms with Crippen molar-refractivity contribution in [3.05, 3.63) is 35.6 Å². The molecule has 0 spiro atoms. The molecule has 0 radical (unpaired) electrons. The van der Waals surface area contributed by atoms with Gasteiger partial charge in [-0.05, 0) is 19.4 Å². The fourth-order valence-corrected chi connectivity index (χ4v) is 2.78. The van der Waals surface area contributed by atoms with Crippen molar-refractivity contribution in [2.24, 2.45) is 0 Å². The quantitative estimate of drug-likeness (QED) is 0.743. The maximum atomic E-state index is 12.7. The molecule has 1 aromatic heterocycles. The monoisotopic (exact) mass is 297 g/mol. The van der Waals surface area contributed by atoms with Crippen molar-refractivity contribution in [3.63, 3.8) is 0 Å². The molecule has 0 saturated heterocycles. The second-order valence-corrected chi connectivity index (χ2v) is 5.32. The maximum Gasteiger partial charge on any atom is 0.471 e. The van der Waals surface area contributed by atoms with E-state index in [9.17, 15) is 18.0 Å². The van der Waals surface area contributed by atoms with Gasteiger partial charge in [-0.15, -0.1) is 0 Å². The van der Waals surface area contributed by atoms with Gasteiger partial charge in [0.1, 0.15) is 11.3 Å². The molecule has 0 saturated carbocycles. The summed E-state index contributed by atoms with van der Waals surface area (Å²) in [5.41, 5.74) is 1.34. The van der Waals surface area contributed by atoms with Crippen LogP contribution in [0.2, 0.25) is 0 Å². The van der Waals surface area contributed by atoms with Gasteiger partial charge in [0.15, 0.2) is 0 Å². The summed E-state index contributed by atoms with van der Waals surface area (Å²) in [5.74, 6) is -1.10. The zero-order valence-electron chi connectivity index (χ0n) is 11.4. The van der Waals surface area contributed by atoms with Crippen LogP contribution in [0.25, 0.3) is 11.0 Å². The van der Waals surface area contributed by atoms with Crippen LogP contribution in [-0.2, 0) is 17.8 Å². The number of fused-ring (bicyclic) bond motifs is 3. The molecule has 0 N–H and O–H groups in total. The Bertz CT molecular complexity index is 690. The number of benzene rings is 1. The zero-order chi connectivity index (χ0) is 15.2. The molecule has 1 amide bonds. The lowest BCUT2D eigenvalue weighted by atomic mass is 10.1. The number of hydrogen-bond acceptors (Lipinski definition) is 2. The highest BCUT2D eigenvalue weighted by Gasteiger charge is 2.44. The van der Waals surface area contributed by atoms with Crippen LogP contribution in [0.15, 0.2) is 28.7 Å². The third kappa shape index (κ3) is 2.39. The first-order valence-electron chi connectivity index (χ1n) is 6.75. The topological polar surface area (TPSA) is 33.5 Å². The van der Waals surface area contributed by atoms with Crippen molar-refractivity contribution >= 4 is 16.9 Å². The molecular formula is C15H14F3NO2. The molecule has 1 aromatic carbocycles. The van der Waals surface area contributed by atoms with Crippen molar-refractivity contribution in [3.8, 4) is 0 Å². The van der Waals surface area contributed by atoms with Crippen LogP contribution >= 0.6 is 0 Å². The Kier molecular flexibility index (Phi) is 3.19. The first kappa shape index (κ1) is 14.0. The van der Waals surface area contributed by atoms with Crippen LogP contribution in [0.5, 0.6) is 0 Å². The number of para-hydroxylation sites is 1. The average Bonchev–Trinajstić information content (AvgIpc) is 2.69. The van der Waals surface area contributed by atoms with E-state index in [-0.39, 0.29) is 6.54 Å². The molecule has 1 aliphatic heterocycles. The Balaban J connectivity index is 2.04. The number of carbonyl (C=O) groups excluding carboxylic acids is 1. The molecule has 1 unspecified atom stereocenters. The summed E-state index contributed by atoms with van der Waals surface area (Å²) in [7, 11) is 0. The molecule has 1 atom stereocenters. The number of carbonyl (C=O) groups is 1. The molecule has 21 heavy (non-hydrogen) atoms. The predicted molar refractivity (Wildman–Crippen MR) is 70.6 cm³/mol. The smallest absolute Gasteiger partial charge is 0.461 e. The second-order valence-electron chi connectivity index (χ2n) is 5.32. The summed E-state index contributed by atoms with van der Waals surface area (Å²) < 4.78 is 43.9. The number of hydrogen-bond donors (Lipinski definition) is 0. The van der Waals surface area contributed by atoms with Gasteiger partial charge in [0.2, 0.25) is 0 Å². The van der Waals surface area contributed by atoms with E-state index in [1.165, 1.54) is 0 Å². The first-order chi connectivity index (χ1) is 9.88. The third-order valence-corrected chi connectivity index (χ3v) is 3.93. The van der Waals surface area contributed by atoms with E-state index in [2.05, 4.69) is 0 Å². The number of nitrogens with zero attached hydrogens (tertiary/aromatic N) is 1. The Morgan fingerprint density at radius 2 is 2.05 bits per heavy atom. The van der Waals surface area contributed by atoms with E-state index in [1.54, 1.807) is 13.0 Å². The largest absolute Gasteiger partial charge is 0.471 e. The number of halogens is 3. The summed E-state index contributed by atoms with van der Waals surface area (Å²) in [6.45, 7) is 1.57. The molecular weight excluding hydrogens is 283 g/mol. The van der Waals surface area contributed by atoms with Gasteiger partial charge in [-0.1, -0.05) is 18.2 Å². The van der Waals surface area contributed by atoms with Crippen molar-refractivity contribution in [1.82, 2.24) is 4.90 Å². The number of furan rings is 1. The molecule has 112 valence electrons. The molecule has 0 aliphatic carbocycles. The normalized spacial score (nSPS) is 19.4. The Hall–Kier alpha value is -1.98. The number of rotatable bonds is 0. The van der Waals surface area contributed by atoms with E-state index in [4.69, 9.17) is 4.42 Å². The van der Waals surface area contributed by atoms with E-state index in [1.807, 2.05) is 18.2 Å². The number of aryl methyl sites for hydroxylation is 1. The summed E-state index contributed by atoms with van der Waals surface area (Å²) in [6, 6.07) is 6.74. The highest BCUT2D eigenvalue weighted by Crippen LogP contribution is 2.33. The van der Waals surface area contributed by atoms with Crippen LogP contribution in [-0.4, -0.2) is 23.0 Å². The van der Waals surface area contributed by atoms with E-state index in [0.717, 1.165) is 10.3 Å². The minimum Gasteiger partial charge on any atom is -0.461 e. The van der Waals surface area contributed by atoms with Crippen molar-refractivity contribution in [2.45, 2.75) is 38.5 Å². The molecule has 2 aromatic rings. The highest BCUT2D eigenvalue weighted by atomic mass is 19.4. The van der Waals surface area contributed by atoms with Gasteiger partial charge in [-0.3, -0.25) is 4.79 Å². The van der Waals surface area contributed by atoms with E-state index < -0.39 is 18.1 Å². The molecule has 3 nitrogen and oxygen atoms in total. The SMILES string of the molecule is CC1CCc2oc3ccccc3c2CN1C(=O)C(F)(F)F. The van der Waals surface area contributed by atoms with Crippen LogP contribution < -0.4 is 0 Å². The van der Waals surface area contributed by atoms with Crippen molar-refractivity contribution in [1.29, 1.82) is 0 Å². The van der Waals surface area contributed by atoms with Crippen LogP contribution in [0.1, 0.15) is 24.7 Å². The number of amides is 1. The minimum absolute atomic E-state index is 0.0636. The third-order valence-electron chi connectivity index (χ3n) is 3.93. The van der Waals surface area contributed by atoms with Crippen LogP contribution in [0.3, 0.4) is 0 Å². The molecule has 3 rings (SSSR count). The maximum absolute atomic E-state index is 12.7. The van der Waals surface area contributed by atoms with Gasteiger partial charge >= 0.3 is 12.1 Å². The lowest BCUT2D eigenvalue weighted by Gasteiger charge is -2.28. The lowest BCUT2D eigenvalue weighted by molar-refractivity contribution is -0.188. The van der Waals surface area contributed by atoms with Crippen molar-refractivity contribution < 1.29 is 22.4 Å². The minimum atomic E-state index is -4.85. The van der Waals surface area contributed by atoms with Gasteiger partial charge in [-0.25, -0.2) is 0 Å². The lowest BCUT2D eigenvalue weighted by Crippen LogP contribution is -2.45. The van der Waals surface area contributed by atoms with Gasteiger partial charge in [0, 0.05) is 23.4 Å². The first-order valence-corrected chi connectivity index (χ1v) is 6.75. The summed E-state index contributed by atoms with van der Waals surface area (Å²) >= 11 is 0. The van der Waals surface area contributed by atoms with E-state index in [0.29, 0.717) is 29.7 Å². The summed E-state index contributed by atoms with van der Waals surface area (Å²) in [4.78, 5) is 12.5. The van der Waals surface area contributed by atoms with Crippen LogP contribution in [0, 0.1) is 0 Å². The standard InChI is InChI=1S/C15H14F3NO2/c1-9-6-7-13-11(8-19(9)14(20)15(16,17)18)10-4-2-3-5-12(10)21-13/h2-5,9H,6-8H2,1H3. The summed E-state index contributed by atoms with van der Waals surface area (Å²) in [5, 5.41) is 0.779. The molecule has 1 aliphatic rings. The Labute approximate surface area is 119 Å².